The normalized spacial score (nSPS) is 14.9. The Morgan fingerprint density at radius 2 is 2.07 bits per heavy atom. The second-order valence-corrected chi connectivity index (χ2v) is 4.81. The Morgan fingerprint density at radius 3 is 2.67 bits per heavy atom. The molecule has 0 bridgehead atoms. The number of rotatable bonds is 2. The zero-order valence-electron chi connectivity index (χ0n) is 8.27. The zero-order valence-corrected chi connectivity index (χ0v) is 9.85. The summed E-state index contributed by atoms with van der Waals surface area (Å²) in [5.74, 6) is 0. The number of hydrogen-bond donors (Lipinski definition) is 1. The largest absolute Gasteiger partial charge is 0.381 e. The first-order valence-corrected chi connectivity index (χ1v) is 5.94. The smallest absolute Gasteiger partial charge is 0.113 e. The van der Waals surface area contributed by atoms with Crippen molar-refractivity contribution in [3.63, 3.8) is 0 Å². The SMILES string of the molecule is CC(O)(c1ccsc1)c1cccc(Cl)c1. The fourth-order valence-corrected chi connectivity index (χ4v) is 2.45. The average Bonchev–Trinajstić information content (AvgIpc) is 2.71. The van der Waals surface area contributed by atoms with E-state index >= 15 is 0 Å². The maximum Gasteiger partial charge on any atom is 0.113 e. The molecule has 0 saturated heterocycles. The summed E-state index contributed by atoms with van der Waals surface area (Å²) < 4.78 is 0. The van der Waals surface area contributed by atoms with Crippen LogP contribution in [0.25, 0.3) is 0 Å². The molecule has 1 N–H and O–H groups in total. The van der Waals surface area contributed by atoms with E-state index in [1.807, 2.05) is 29.0 Å². The third-order valence-electron chi connectivity index (χ3n) is 2.47. The lowest BCUT2D eigenvalue weighted by molar-refractivity contribution is 0.103. The van der Waals surface area contributed by atoms with Gasteiger partial charge in [-0.05, 0) is 47.0 Å². The molecule has 3 heteroatoms. The van der Waals surface area contributed by atoms with E-state index in [0.29, 0.717) is 5.02 Å². The van der Waals surface area contributed by atoms with Gasteiger partial charge in [-0.1, -0.05) is 23.7 Å². The molecule has 0 aliphatic rings. The van der Waals surface area contributed by atoms with Gasteiger partial charge in [0.15, 0.2) is 0 Å². The van der Waals surface area contributed by atoms with Crippen molar-refractivity contribution in [2.24, 2.45) is 0 Å². The van der Waals surface area contributed by atoms with E-state index in [0.717, 1.165) is 11.1 Å². The topological polar surface area (TPSA) is 20.2 Å². The van der Waals surface area contributed by atoms with E-state index in [4.69, 9.17) is 11.6 Å². The van der Waals surface area contributed by atoms with Crippen LogP contribution in [0.15, 0.2) is 41.1 Å². The molecule has 2 rings (SSSR count). The van der Waals surface area contributed by atoms with Crippen molar-refractivity contribution >= 4 is 22.9 Å². The molecule has 1 aromatic carbocycles. The molecular formula is C12H11ClOS. The van der Waals surface area contributed by atoms with Crippen LogP contribution in [0.5, 0.6) is 0 Å². The molecule has 0 fully saturated rings. The first-order chi connectivity index (χ1) is 7.10. The van der Waals surface area contributed by atoms with Gasteiger partial charge in [0.25, 0.3) is 0 Å². The van der Waals surface area contributed by atoms with Crippen molar-refractivity contribution in [1.82, 2.24) is 0 Å². The molecule has 78 valence electrons. The van der Waals surface area contributed by atoms with Gasteiger partial charge in [0, 0.05) is 5.02 Å². The maximum atomic E-state index is 10.4. The molecule has 2 aromatic rings. The highest BCUT2D eigenvalue weighted by Crippen LogP contribution is 2.31. The average molecular weight is 239 g/mol. The van der Waals surface area contributed by atoms with Crippen LogP contribution in [0, 0.1) is 0 Å². The minimum Gasteiger partial charge on any atom is -0.381 e. The van der Waals surface area contributed by atoms with E-state index in [2.05, 4.69) is 0 Å². The second-order valence-electron chi connectivity index (χ2n) is 3.59. The summed E-state index contributed by atoms with van der Waals surface area (Å²) in [6, 6.07) is 9.24. The van der Waals surface area contributed by atoms with E-state index < -0.39 is 5.60 Å². The van der Waals surface area contributed by atoms with Crippen molar-refractivity contribution in [1.29, 1.82) is 0 Å². The number of aliphatic hydroxyl groups is 1. The Balaban J connectivity index is 2.46. The van der Waals surface area contributed by atoms with Crippen LogP contribution in [0.1, 0.15) is 18.1 Å². The van der Waals surface area contributed by atoms with Crippen molar-refractivity contribution in [3.8, 4) is 0 Å². The predicted octanol–water partition coefficient (Wildman–Crippen LogP) is 3.66. The van der Waals surface area contributed by atoms with Gasteiger partial charge in [-0.3, -0.25) is 0 Å². The molecule has 1 aromatic heterocycles. The van der Waals surface area contributed by atoms with Crippen LogP contribution in [-0.2, 0) is 5.60 Å². The van der Waals surface area contributed by atoms with Gasteiger partial charge < -0.3 is 5.11 Å². The van der Waals surface area contributed by atoms with Crippen LogP contribution < -0.4 is 0 Å². The third-order valence-corrected chi connectivity index (χ3v) is 3.39. The summed E-state index contributed by atoms with van der Waals surface area (Å²) in [7, 11) is 0. The molecule has 0 aliphatic carbocycles. The first-order valence-electron chi connectivity index (χ1n) is 4.62. The van der Waals surface area contributed by atoms with Crippen LogP contribution in [-0.4, -0.2) is 5.11 Å². The fraction of sp³-hybridized carbons (Fsp3) is 0.167. The van der Waals surface area contributed by atoms with Crippen LogP contribution in [0.2, 0.25) is 5.02 Å². The van der Waals surface area contributed by atoms with Crippen LogP contribution in [0.4, 0.5) is 0 Å². The second kappa shape index (κ2) is 3.97. The summed E-state index contributed by atoms with van der Waals surface area (Å²) >= 11 is 7.48. The Bertz CT molecular complexity index is 448. The van der Waals surface area contributed by atoms with Crippen LogP contribution >= 0.6 is 22.9 Å². The highest BCUT2D eigenvalue weighted by Gasteiger charge is 2.25. The molecule has 15 heavy (non-hydrogen) atoms. The molecule has 0 spiro atoms. The van der Waals surface area contributed by atoms with Gasteiger partial charge in [-0.2, -0.15) is 11.3 Å². The Morgan fingerprint density at radius 1 is 1.27 bits per heavy atom. The standard InChI is InChI=1S/C12H11ClOS/c1-12(14,10-5-6-15-8-10)9-3-2-4-11(13)7-9/h2-8,14H,1H3. The molecule has 1 nitrogen and oxygen atoms in total. The first kappa shape index (κ1) is 10.7. The summed E-state index contributed by atoms with van der Waals surface area (Å²) in [6.45, 7) is 1.78. The number of halogens is 1. The van der Waals surface area contributed by atoms with E-state index in [-0.39, 0.29) is 0 Å². The number of hydrogen-bond acceptors (Lipinski definition) is 2. The summed E-state index contributed by atoms with van der Waals surface area (Å²) in [4.78, 5) is 0. The molecule has 0 radical (unpaired) electrons. The van der Waals surface area contributed by atoms with E-state index in [9.17, 15) is 5.11 Å². The highest BCUT2D eigenvalue weighted by atomic mass is 35.5. The molecule has 0 saturated carbocycles. The highest BCUT2D eigenvalue weighted by molar-refractivity contribution is 7.08. The summed E-state index contributed by atoms with van der Waals surface area (Å²) in [6.07, 6.45) is 0. The molecule has 1 atom stereocenters. The van der Waals surface area contributed by atoms with Gasteiger partial charge in [-0.25, -0.2) is 0 Å². The molecule has 1 unspecified atom stereocenters. The van der Waals surface area contributed by atoms with Crippen molar-refractivity contribution in [2.45, 2.75) is 12.5 Å². The van der Waals surface area contributed by atoms with Gasteiger partial charge in [0.05, 0.1) is 0 Å². The van der Waals surface area contributed by atoms with Gasteiger partial charge >= 0.3 is 0 Å². The summed E-state index contributed by atoms with van der Waals surface area (Å²) in [5.41, 5.74) is 0.744. The van der Waals surface area contributed by atoms with Gasteiger partial charge in [0.2, 0.25) is 0 Å². The fourth-order valence-electron chi connectivity index (χ4n) is 1.50. The minimum atomic E-state index is -0.967. The lowest BCUT2D eigenvalue weighted by Gasteiger charge is -2.23. The molecule has 0 amide bonds. The van der Waals surface area contributed by atoms with Crippen molar-refractivity contribution < 1.29 is 5.11 Å². The molecular weight excluding hydrogens is 228 g/mol. The Kier molecular flexibility index (Phi) is 2.83. The number of benzene rings is 1. The predicted molar refractivity (Wildman–Crippen MR) is 64.4 cm³/mol. The van der Waals surface area contributed by atoms with Gasteiger partial charge in [-0.15, -0.1) is 0 Å². The third kappa shape index (κ3) is 2.07. The Hall–Kier alpha value is -0.830. The monoisotopic (exact) mass is 238 g/mol. The maximum absolute atomic E-state index is 10.4. The molecule has 1 heterocycles. The summed E-state index contributed by atoms with van der Waals surface area (Å²) in [5, 5.41) is 15.0. The van der Waals surface area contributed by atoms with Gasteiger partial charge in [0.1, 0.15) is 5.60 Å². The number of thiophene rings is 1. The van der Waals surface area contributed by atoms with Crippen LogP contribution in [0.3, 0.4) is 0 Å². The quantitative estimate of drug-likeness (QED) is 0.847. The van der Waals surface area contributed by atoms with Crippen molar-refractivity contribution in [3.05, 3.63) is 57.2 Å². The van der Waals surface area contributed by atoms with E-state index in [1.54, 1.807) is 30.4 Å². The lowest BCUT2D eigenvalue weighted by atomic mass is 9.90. The van der Waals surface area contributed by atoms with Crippen molar-refractivity contribution in [2.75, 3.05) is 0 Å². The lowest BCUT2D eigenvalue weighted by Crippen LogP contribution is -2.21. The van der Waals surface area contributed by atoms with E-state index in [1.165, 1.54) is 0 Å². The zero-order chi connectivity index (χ0) is 10.9. The Labute approximate surface area is 98.0 Å². The minimum absolute atomic E-state index is 0.642. The molecule has 0 aliphatic heterocycles.